The van der Waals surface area contributed by atoms with Crippen LogP contribution in [0.3, 0.4) is 0 Å². The van der Waals surface area contributed by atoms with Gasteiger partial charge in [-0.1, -0.05) is 54.6 Å². The zero-order valence-electron chi connectivity index (χ0n) is 19.8. The number of pyridine rings is 1. The van der Waals surface area contributed by atoms with Gasteiger partial charge in [-0.2, -0.15) is 0 Å². The number of fused-ring (bicyclic) bond motifs is 1. The van der Waals surface area contributed by atoms with Crippen LogP contribution in [-0.2, 0) is 22.4 Å². The average Bonchev–Trinajstić information content (AvgIpc) is 2.91. The number of methoxy groups -OCH3 is 1. The highest BCUT2D eigenvalue weighted by Gasteiger charge is 2.54. The minimum Gasteiger partial charge on any atom is -0.495 e. The Hall–Kier alpha value is -4.52. The van der Waals surface area contributed by atoms with Crippen molar-refractivity contribution in [1.29, 1.82) is 0 Å². The molecule has 5 rings (SSSR count). The number of imide groups is 2. The molecule has 36 heavy (non-hydrogen) atoms. The van der Waals surface area contributed by atoms with Crippen LogP contribution in [0.25, 0.3) is 10.8 Å². The van der Waals surface area contributed by atoms with Gasteiger partial charge < -0.3 is 4.74 Å². The molecule has 0 unspecified atom stereocenters. The first-order valence-electron chi connectivity index (χ1n) is 11.7. The fraction of sp³-hybridized carbons (Fsp3) is 0.172. The summed E-state index contributed by atoms with van der Waals surface area (Å²) in [5.41, 5.74) is 0.591. The summed E-state index contributed by atoms with van der Waals surface area (Å²) in [5, 5.41) is 4.44. The van der Waals surface area contributed by atoms with Crippen molar-refractivity contribution < 1.29 is 19.1 Å². The summed E-state index contributed by atoms with van der Waals surface area (Å²) in [4.78, 5) is 46.0. The number of carbonyl (C=O) groups excluding carboxylic acids is 3. The predicted octanol–water partition coefficient (Wildman–Crippen LogP) is 4.69. The van der Waals surface area contributed by atoms with Crippen LogP contribution >= 0.6 is 0 Å². The number of aromatic nitrogens is 1. The quantitative estimate of drug-likeness (QED) is 0.389. The van der Waals surface area contributed by atoms with Crippen LogP contribution < -0.4 is 15.0 Å². The van der Waals surface area contributed by atoms with Crippen LogP contribution in [0.1, 0.15) is 17.5 Å². The van der Waals surface area contributed by atoms with Gasteiger partial charge in [-0.05, 0) is 65.4 Å². The number of urea groups is 1. The highest BCUT2D eigenvalue weighted by molar-refractivity contribution is 6.30. The van der Waals surface area contributed by atoms with E-state index in [1.165, 1.54) is 7.11 Å². The van der Waals surface area contributed by atoms with E-state index in [2.05, 4.69) is 10.3 Å². The largest absolute Gasteiger partial charge is 0.495 e. The van der Waals surface area contributed by atoms with E-state index in [-0.39, 0.29) is 12.8 Å². The maximum Gasteiger partial charge on any atom is 0.335 e. The molecular weight excluding hydrogens is 454 g/mol. The molecule has 1 fully saturated rings. The summed E-state index contributed by atoms with van der Waals surface area (Å²) in [5.74, 6) is -0.795. The van der Waals surface area contributed by atoms with Crippen molar-refractivity contribution in [1.82, 2.24) is 10.3 Å². The first-order chi connectivity index (χ1) is 17.5. The average molecular weight is 480 g/mol. The third kappa shape index (κ3) is 4.09. The van der Waals surface area contributed by atoms with Crippen molar-refractivity contribution in [3.8, 4) is 5.75 Å². The van der Waals surface area contributed by atoms with Gasteiger partial charge in [0.05, 0.1) is 12.8 Å². The zero-order chi connectivity index (χ0) is 25.1. The molecule has 0 spiro atoms. The molecule has 3 aromatic carbocycles. The van der Waals surface area contributed by atoms with Crippen LogP contribution in [0.5, 0.6) is 5.75 Å². The van der Waals surface area contributed by atoms with Crippen molar-refractivity contribution >= 4 is 34.3 Å². The van der Waals surface area contributed by atoms with Gasteiger partial charge in [-0.3, -0.25) is 19.9 Å². The minimum atomic E-state index is -1.51. The van der Waals surface area contributed by atoms with E-state index in [1.54, 1.807) is 36.7 Å². The fourth-order valence-electron chi connectivity index (χ4n) is 4.85. The Kier molecular flexibility index (Phi) is 6.21. The molecule has 4 aromatic rings. The van der Waals surface area contributed by atoms with E-state index < -0.39 is 23.3 Å². The second kappa shape index (κ2) is 9.62. The van der Waals surface area contributed by atoms with Gasteiger partial charge in [0.25, 0.3) is 5.91 Å². The highest BCUT2D eigenvalue weighted by atomic mass is 16.5. The summed E-state index contributed by atoms with van der Waals surface area (Å²) >= 11 is 0. The number of benzene rings is 3. The summed E-state index contributed by atoms with van der Waals surface area (Å²) in [7, 11) is 1.48. The molecule has 1 aliphatic rings. The van der Waals surface area contributed by atoms with Crippen LogP contribution in [0.4, 0.5) is 10.5 Å². The topological polar surface area (TPSA) is 88.6 Å². The summed E-state index contributed by atoms with van der Waals surface area (Å²) in [6.07, 6.45) is 4.17. The standard InChI is InChI=1S/C29H25N3O4/c1-36-25-12-5-4-11-24(25)32-27(34)29(26(33)31-28(32)35,16-13-20-14-17-30-18-15-20)19-22-9-6-8-21-7-2-3-10-23(21)22/h2-12,14-15,17-18H,13,16,19H2,1H3,(H,31,33,35)/t29-/m1/s1. The molecule has 1 saturated heterocycles. The van der Waals surface area contributed by atoms with Gasteiger partial charge in [-0.15, -0.1) is 0 Å². The number of hydrogen-bond donors (Lipinski definition) is 1. The Labute approximate surface area is 208 Å². The van der Waals surface area contributed by atoms with E-state index in [4.69, 9.17) is 4.74 Å². The lowest BCUT2D eigenvalue weighted by Gasteiger charge is -2.40. The third-order valence-corrected chi connectivity index (χ3v) is 6.76. The van der Waals surface area contributed by atoms with Gasteiger partial charge in [0.1, 0.15) is 11.2 Å². The van der Waals surface area contributed by atoms with Gasteiger partial charge in [0.2, 0.25) is 5.91 Å². The van der Waals surface area contributed by atoms with Crippen molar-refractivity contribution in [3.63, 3.8) is 0 Å². The Morgan fingerprint density at radius 3 is 2.42 bits per heavy atom. The zero-order valence-corrected chi connectivity index (χ0v) is 19.8. The third-order valence-electron chi connectivity index (χ3n) is 6.76. The smallest absolute Gasteiger partial charge is 0.335 e. The van der Waals surface area contributed by atoms with Crippen LogP contribution in [0.2, 0.25) is 0 Å². The van der Waals surface area contributed by atoms with E-state index in [0.29, 0.717) is 17.9 Å². The number of nitrogens with zero attached hydrogens (tertiary/aromatic N) is 2. The lowest BCUT2D eigenvalue weighted by molar-refractivity contribution is -0.143. The SMILES string of the molecule is COc1ccccc1N1C(=O)NC(=O)[C@@](CCc2ccncc2)(Cc2cccc3ccccc23)C1=O. The van der Waals surface area contributed by atoms with Crippen LogP contribution in [0, 0.1) is 5.41 Å². The molecule has 1 aromatic heterocycles. The number of ether oxygens (including phenoxy) is 1. The molecule has 7 nitrogen and oxygen atoms in total. The molecule has 1 N–H and O–H groups in total. The monoisotopic (exact) mass is 479 g/mol. The number of hydrogen-bond acceptors (Lipinski definition) is 5. The molecule has 0 aliphatic carbocycles. The number of amides is 4. The summed E-state index contributed by atoms with van der Waals surface area (Å²) in [6.45, 7) is 0. The number of aryl methyl sites for hydroxylation is 1. The molecule has 0 bridgehead atoms. The number of barbiturate groups is 1. The predicted molar refractivity (Wildman–Crippen MR) is 137 cm³/mol. The molecule has 7 heteroatoms. The van der Waals surface area contributed by atoms with Gasteiger partial charge in [-0.25, -0.2) is 9.69 Å². The van der Waals surface area contributed by atoms with Crippen molar-refractivity contribution in [2.24, 2.45) is 5.41 Å². The maximum atomic E-state index is 14.3. The summed E-state index contributed by atoms with van der Waals surface area (Å²) < 4.78 is 5.43. The van der Waals surface area contributed by atoms with E-state index in [1.807, 2.05) is 54.6 Å². The molecular formula is C29H25N3O4. The summed E-state index contributed by atoms with van der Waals surface area (Å²) in [6, 6.07) is 23.4. The molecule has 180 valence electrons. The lowest BCUT2D eigenvalue weighted by Crippen LogP contribution is -2.65. The normalized spacial score (nSPS) is 17.8. The Morgan fingerprint density at radius 1 is 0.889 bits per heavy atom. The minimum absolute atomic E-state index is 0.142. The number of carbonyl (C=O) groups is 3. The Morgan fingerprint density at radius 2 is 1.61 bits per heavy atom. The van der Waals surface area contributed by atoms with Gasteiger partial charge in [0, 0.05) is 12.4 Å². The number of anilines is 1. The molecule has 1 aliphatic heterocycles. The molecule has 1 atom stereocenters. The Balaban J connectivity index is 1.63. The fourth-order valence-corrected chi connectivity index (χ4v) is 4.85. The number of nitrogens with one attached hydrogen (secondary N) is 1. The van der Waals surface area contributed by atoms with E-state index in [9.17, 15) is 14.4 Å². The van der Waals surface area contributed by atoms with Crippen molar-refractivity contribution in [2.45, 2.75) is 19.3 Å². The molecule has 4 amide bonds. The number of para-hydroxylation sites is 2. The first kappa shape index (κ1) is 23.2. The van der Waals surface area contributed by atoms with Crippen LogP contribution in [-0.4, -0.2) is 29.9 Å². The second-order valence-corrected chi connectivity index (χ2v) is 8.82. The number of rotatable bonds is 7. The van der Waals surface area contributed by atoms with Crippen molar-refractivity contribution in [2.75, 3.05) is 12.0 Å². The van der Waals surface area contributed by atoms with E-state index in [0.717, 1.165) is 26.8 Å². The van der Waals surface area contributed by atoms with Gasteiger partial charge >= 0.3 is 6.03 Å². The lowest BCUT2D eigenvalue weighted by atomic mass is 9.73. The second-order valence-electron chi connectivity index (χ2n) is 8.82. The van der Waals surface area contributed by atoms with Crippen LogP contribution in [0.15, 0.2) is 91.3 Å². The Bertz CT molecular complexity index is 1450. The highest BCUT2D eigenvalue weighted by Crippen LogP contribution is 2.40. The molecule has 0 saturated carbocycles. The van der Waals surface area contributed by atoms with E-state index >= 15 is 0 Å². The molecule has 2 heterocycles. The van der Waals surface area contributed by atoms with Gasteiger partial charge in [0.15, 0.2) is 0 Å². The maximum absolute atomic E-state index is 14.3. The van der Waals surface area contributed by atoms with Crippen molar-refractivity contribution in [3.05, 3.63) is 102 Å². The molecule has 0 radical (unpaired) electrons. The first-order valence-corrected chi connectivity index (χ1v) is 11.7.